The summed E-state index contributed by atoms with van der Waals surface area (Å²) in [4.78, 5) is 4.26. The van der Waals surface area contributed by atoms with Crippen molar-refractivity contribution in [2.24, 2.45) is 0 Å². The molecular formula is C12H12BrCl2N3. The third-order valence-electron chi connectivity index (χ3n) is 2.45. The topological polar surface area (TPSA) is 29.9 Å². The lowest BCUT2D eigenvalue weighted by atomic mass is 10.3. The molecule has 1 N–H and O–H groups in total. The van der Waals surface area contributed by atoms with Crippen LogP contribution in [0.3, 0.4) is 0 Å². The van der Waals surface area contributed by atoms with Crippen molar-refractivity contribution in [1.29, 1.82) is 0 Å². The van der Waals surface area contributed by atoms with Crippen molar-refractivity contribution in [3.05, 3.63) is 39.0 Å². The molecule has 3 nitrogen and oxygen atoms in total. The van der Waals surface area contributed by atoms with Crippen molar-refractivity contribution in [2.45, 2.75) is 13.3 Å². The molecule has 1 aromatic heterocycles. The van der Waals surface area contributed by atoms with Gasteiger partial charge in [-0.2, -0.15) is 0 Å². The van der Waals surface area contributed by atoms with Gasteiger partial charge in [-0.3, -0.25) is 4.57 Å². The van der Waals surface area contributed by atoms with Crippen LogP contribution in [0.25, 0.3) is 5.69 Å². The third kappa shape index (κ3) is 2.66. The van der Waals surface area contributed by atoms with Gasteiger partial charge in [-0.25, -0.2) is 4.98 Å². The number of aromatic nitrogens is 2. The molecule has 96 valence electrons. The molecule has 0 saturated carbocycles. The number of nitrogens with one attached hydrogen (secondary N) is 1. The number of nitrogens with zero attached hydrogens (tertiary/aromatic N) is 2. The second-order valence-corrected chi connectivity index (χ2v) is 5.35. The van der Waals surface area contributed by atoms with Crippen LogP contribution in [-0.4, -0.2) is 16.1 Å². The molecule has 0 amide bonds. The fourth-order valence-electron chi connectivity index (χ4n) is 1.57. The van der Waals surface area contributed by atoms with E-state index in [9.17, 15) is 0 Å². The normalized spacial score (nSPS) is 10.7. The van der Waals surface area contributed by atoms with Crippen molar-refractivity contribution in [2.75, 3.05) is 11.9 Å². The predicted octanol–water partition coefficient (Wildman–Crippen LogP) is 4.76. The highest BCUT2D eigenvalue weighted by atomic mass is 79.9. The maximum absolute atomic E-state index is 6.26. The van der Waals surface area contributed by atoms with E-state index in [0.29, 0.717) is 10.0 Å². The average molecular weight is 349 g/mol. The van der Waals surface area contributed by atoms with E-state index in [-0.39, 0.29) is 0 Å². The Balaban J connectivity index is 2.43. The Bertz CT molecular complexity index is 554. The average Bonchev–Trinajstić information content (AvgIpc) is 2.82. The third-order valence-corrected chi connectivity index (χ3v) is 4.21. The summed E-state index contributed by atoms with van der Waals surface area (Å²) in [6, 6.07) is 3.77. The summed E-state index contributed by atoms with van der Waals surface area (Å²) in [5.74, 6) is 0.761. The van der Waals surface area contributed by atoms with E-state index in [1.54, 1.807) is 6.20 Å². The van der Waals surface area contributed by atoms with Crippen LogP contribution in [0.4, 0.5) is 5.95 Å². The summed E-state index contributed by atoms with van der Waals surface area (Å²) >= 11 is 15.7. The molecule has 0 bridgehead atoms. The summed E-state index contributed by atoms with van der Waals surface area (Å²) in [6.45, 7) is 2.96. The molecule has 0 aliphatic rings. The second-order valence-electron chi connectivity index (χ2n) is 3.74. The zero-order valence-electron chi connectivity index (χ0n) is 9.75. The van der Waals surface area contributed by atoms with Gasteiger partial charge in [0.05, 0.1) is 15.7 Å². The molecule has 0 aliphatic carbocycles. The highest BCUT2D eigenvalue weighted by molar-refractivity contribution is 9.10. The highest BCUT2D eigenvalue weighted by Crippen LogP contribution is 2.35. The number of hydrogen-bond donors (Lipinski definition) is 1. The van der Waals surface area contributed by atoms with Crippen LogP contribution in [0.2, 0.25) is 10.0 Å². The van der Waals surface area contributed by atoms with Crippen molar-refractivity contribution in [1.82, 2.24) is 9.55 Å². The number of imidazole rings is 1. The van der Waals surface area contributed by atoms with E-state index in [2.05, 4.69) is 33.2 Å². The Morgan fingerprint density at radius 3 is 2.83 bits per heavy atom. The molecule has 0 spiro atoms. The first kappa shape index (κ1) is 13.7. The van der Waals surface area contributed by atoms with Gasteiger partial charge in [0.15, 0.2) is 0 Å². The Hall–Kier alpha value is -0.710. The molecule has 0 atom stereocenters. The van der Waals surface area contributed by atoms with Crippen molar-refractivity contribution in [3.63, 3.8) is 0 Å². The molecule has 0 saturated heterocycles. The minimum absolute atomic E-state index is 0.503. The summed E-state index contributed by atoms with van der Waals surface area (Å²) in [7, 11) is 0. The lowest BCUT2D eigenvalue weighted by Crippen LogP contribution is -2.07. The van der Waals surface area contributed by atoms with E-state index >= 15 is 0 Å². The molecule has 1 heterocycles. The zero-order valence-corrected chi connectivity index (χ0v) is 12.8. The summed E-state index contributed by atoms with van der Waals surface area (Å²) in [6.07, 6.45) is 4.61. The highest BCUT2D eigenvalue weighted by Gasteiger charge is 2.12. The van der Waals surface area contributed by atoms with Crippen LogP contribution in [0.5, 0.6) is 0 Å². The number of anilines is 1. The molecule has 1 aromatic carbocycles. The fraction of sp³-hybridized carbons (Fsp3) is 0.250. The summed E-state index contributed by atoms with van der Waals surface area (Å²) < 4.78 is 2.66. The molecule has 18 heavy (non-hydrogen) atoms. The summed E-state index contributed by atoms with van der Waals surface area (Å²) in [5.41, 5.74) is 0.806. The lowest BCUT2D eigenvalue weighted by molar-refractivity contribution is 0.937. The number of hydrogen-bond acceptors (Lipinski definition) is 2. The van der Waals surface area contributed by atoms with Gasteiger partial charge in [0.25, 0.3) is 0 Å². The lowest BCUT2D eigenvalue weighted by Gasteiger charge is -2.12. The van der Waals surface area contributed by atoms with Crippen LogP contribution in [0, 0.1) is 0 Å². The number of halogens is 3. The van der Waals surface area contributed by atoms with Gasteiger partial charge in [-0.1, -0.05) is 30.1 Å². The van der Waals surface area contributed by atoms with Crippen LogP contribution in [-0.2, 0) is 0 Å². The van der Waals surface area contributed by atoms with Gasteiger partial charge in [0.1, 0.15) is 0 Å². The monoisotopic (exact) mass is 347 g/mol. The molecule has 6 heteroatoms. The maximum Gasteiger partial charge on any atom is 0.207 e. The number of benzene rings is 1. The SMILES string of the molecule is CCCNc1nccn1-c1ccc(Br)c(Cl)c1Cl. The van der Waals surface area contributed by atoms with Gasteiger partial charge in [0, 0.05) is 23.4 Å². The first-order valence-corrected chi connectivity index (χ1v) is 7.11. The van der Waals surface area contributed by atoms with Crippen LogP contribution < -0.4 is 5.32 Å². The van der Waals surface area contributed by atoms with E-state index < -0.39 is 0 Å². The Morgan fingerprint density at radius 1 is 1.33 bits per heavy atom. The Morgan fingerprint density at radius 2 is 2.11 bits per heavy atom. The first-order valence-electron chi connectivity index (χ1n) is 5.56. The van der Waals surface area contributed by atoms with Gasteiger partial charge < -0.3 is 5.32 Å². The van der Waals surface area contributed by atoms with E-state index in [1.165, 1.54) is 0 Å². The van der Waals surface area contributed by atoms with Gasteiger partial charge >= 0.3 is 0 Å². The fourth-order valence-corrected chi connectivity index (χ4v) is 2.43. The molecule has 0 fully saturated rings. The maximum atomic E-state index is 6.26. The Labute approximate surface area is 124 Å². The molecule has 0 radical (unpaired) electrons. The number of rotatable bonds is 4. The second kappa shape index (κ2) is 5.95. The Kier molecular flexibility index (Phi) is 4.54. The molecule has 2 aromatic rings. The van der Waals surface area contributed by atoms with Crippen molar-refractivity contribution >= 4 is 45.1 Å². The van der Waals surface area contributed by atoms with E-state index in [0.717, 1.165) is 29.1 Å². The van der Waals surface area contributed by atoms with Crippen LogP contribution in [0.1, 0.15) is 13.3 Å². The van der Waals surface area contributed by atoms with Gasteiger partial charge in [-0.05, 0) is 34.5 Å². The smallest absolute Gasteiger partial charge is 0.207 e. The van der Waals surface area contributed by atoms with Crippen LogP contribution >= 0.6 is 39.1 Å². The molecule has 2 rings (SSSR count). The predicted molar refractivity (Wildman–Crippen MR) is 80.1 cm³/mol. The van der Waals surface area contributed by atoms with Gasteiger partial charge in [0.2, 0.25) is 5.95 Å². The molecule has 0 unspecified atom stereocenters. The molecular weight excluding hydrogens is 337 g/mol. The summed E-state index contributed by atoms with van der Waals surface area (Å²) in [5, 5.41) is 4.25. The van der Waals surface area contributed by atoms with E-state index in [4.69, 9.17) is 23.2 Å². The zero-order chi connectivity index (χ0) is 13.1. The minimum Gasteiger partial charge on any atom is -0.355 e. The first-order chi connectivity index (χ1) is 8.65. The minimum atomic E-state index is 0.503. The standard InChI is InChI=1S/C12H12BrCl2N3/c1-2-5-16-12-17-6-7-18(12)9-4-3-8(13)10(14)11(9)15/h3-4,6-7H,2,5H2,1H3,(H,16,17). The van der Waals surface area contributed by atoms with Crippen molar-refractivity contribution in [3.8, 4) is 5.69 Å². The van der Waals surface area contributed by atoms with Crippen LogP contribution in [0.15, 0.2) is 29.0 Å². The van der Waals surface area contributed by atoms with Gasteiger partial charge in [-0.15, -0.1) is 0 Å². The van der Waals surface area contributed by atoms with E-state index in [1.807, 2.05) is 22.9 Å². The quantitative estimate of drug-likeness (QED) is 0.807. The largest absolute Gasteiger partial charge is 0.355 e. The molecule has 0 aliphatic heterocycles. The van der Waals surface area contributed by atoms with Crippen molar-refractivity contribution < 1.29 is 0 Å².